The first-order valence-electron chi connectivity index (χ1n) is 12.1. The van der Waals surface area contributed by atoms with E-state index >= 15 is 0 Å². The Hall–Kier alpha value is -3.55. The molecule has 0 spiro atoms. The Balaban J connectivity index is 1.63. The smallest absolute Gasteiger partial charge is 0.296 e. The zero-order valence-electron chi connectivity index (χ0n) is 20.5. The van der Waals surface area contributed by atoms with Crippen LogP contribution < -0.4 is 5.69 Å². The van der Waals surface area contributed by atoms with Gasteiger partial charge in [-0.05, 0) is 54.2 Å². The molecule has 8 heteroatoms. The van der Waals surface area contributed by atoms with Crippen LogP contribution in [0.15, 0.2) is 47.4 Å². The van der Waals surface area contributed by atoms with Gasteiger partial charge < -0.3 is 0 Å². The summed E-state index contributed by atoms with van der Waals surface area (Å²) in [6.45, 7) is 9.94. The number of aromatic amines is 1. The maximum absolute atomic E-state index is 13.3. The number of hydrogen-bond acceptors (Lipinski definition) is 5. The van der Waals surface area contributed by atoms with Gasteiger partial charge in [0.1, 0.15) is 0 Å². The number of aromatic nitrogens is 7. The molecule has 34 heavy (non-hydrogen) atoms. The first-order chi connectivity index (χ1) is 16.5. The van der Waals surface area contributed by atoms with Crippen LogP contribution in [0.1, 0.15) is 57.0 Å². The Morgan fingerprint density at radius 1 is 1.06 bits per heavy atom. The lowest BCUT2D eigenvalue weighted by Gasteiger charge is -2.10. The Morgan fingerprint density at radius 3 is 2.50 bits per heavy atom. The van der Waals surface area contributed by atoms with E-state index in [1.54, 1.807) is 0 Å². The van der Waals surface area contributed by atoms with Crippen LogP contribution in [0.4, 0.5) is 0 Å². The van der Waals surface area contributed by atoms with Gasteiger partial charge in [0.25, 0.3) is 0 Å². The molecule has 4 aromatic rings. The minimum Gasteiger partial charge on any atom is -0.296 e. The van der Waals surface area contributed by atoms with Gasteiger partial charge in [0.15, 0.2) is 5.82 Å². The first-order valence-corrected chi connectivity index (χ1v) is 12.1. The van der Waals surface area contributed by atoms with Crippen LogP contribution in [0, 0.1) is 12.8 Å². The summed E-state index contributed by atoms with van der Waals surface area (Å²) in [6.07, 6.45) is 5.94. The largest absolute Gasteiger partial charge is 0.328 e. The predicted molar refractivity (Wildman–Crippen MR) is 133 cm³/mol. The summed E-state index contributed by atoms with van der Waals surface area (Å²) >= 11 is 0. The van der Waals surface area contributed by atoms with Gasteiger partial charge in [-0.25, -0.2) is 9.89 Å². The van der Waals surface area contributed by atoms with Gasteiger partial charge in [0.2, 0.25) is 0 Å². The Morgan fingerprint density at radius 2 is 1.85 bits per heavy atom. The number of rotatable bonds is 10. The number of benzene rings is 1. The van der Waals surface area contributed by atoms with Crippen molar-refractivity contribution in [2.45, 2.75) is 66.5 Å². The quantitative estimate of drug-likeness (QED) is 0.373. The number of imidazole rings is 1. The third kappa shape index (κ3) is 5.00. The number of hydrogen-bond donors (Lipinski definition) is 1. The molecule has 3 heterocycles. The molecule has 4 rings (SSSR count). The van der Waals surface area contributed by atoms with Crippen molar-refractivity contribution in [2.75, 3.05) is 0 Å². The van der Waals surface area contributed by atoms with Crippen LogP contribution >= 0.6 is 0 Å². The average molecular weight is 460 g/mol. The number of nitrogens with zero attached hydrogens (tertiary/aromatic N) is 6. The number of tetrazole rings is 1. The second-order valence-electron chi connectivity index (χ2n) is 9.19. The van der Waals surface area contributed by atoms with Crippen LogP contribution in [0.2, 0.25) is 0 Å². The summed E-state index contributed by atoms with van der Waals surface area (Å²) in [5.41, 5.74) is 5.99. The van der Waals surface area contributed by atoms with E-state index in [-0.39, 0.29) is 5.69 Å². The molecule has 178 valence electrons. The highest BCUT2D eigenvalue weighted by atomic mass is 16.1. The number of unbranched alkanes of at least 4 members (excludes halogenated alkanes) is 1. The molecule has 1 N–H and O–H groups in total. The lowest BCUT2D eigenvalue weighted by Crippen LogP contribution is -2.26. The molecule has 0 radical (unpaired) electrons. The molecular formula is C26H33N7O. The van der Waals surface area contributed by atoms with E-state index in [0.717, 1.165) is 66.0 Å². The molecule has 1 aromatic carbocycles. The van der Waals surface area contributed by atoms with Gasteiger partial charge in [-0.2, -0.15) is 0 Å². The number of H-pyrrole nitrogens is 1. The minimum absolute atomic E-state index is 0.0801. The third-order valence-electron chi connectivity index (χ3n) is 6.28. The predicted octanol–water partition coefficient (Wildman–Crippen LogP) is 4.64. The number of nitrogens with one attached hydrogen (secondary N) is 1. The molecule has 0 bridgehead atoms. The number of pyridine rings is 1. The summed E-state index contributed by atoms with van der Waals surface area (Å²) in [7, 11) is 0. The molecule has 0 saturated heterocycles. The van der Waals surface area contributed by atoms with Crippen LogP contribution in [0.25, 0.3) is 22.6 Å². The van der Waals surface area contributed by atoms with Gasteiger partial charge in [-0.1, -0.05) is 57.5 Å². The lowest BCUT2D eigenvalue weighted by atomic mass is 10.0. The maximum Gasteiger partial charge on any atom is 0.328 e. The van der Waals surface area contributed by atoms with Crippen molar-refractivity contribution < 1.29 is 0 Å². The van der Waals surface area contributed by atoms with E-state index < -0.39 is 0 Å². The van der Waals surface area contributed by atoms with Gasteiger partial charge >= 0.3 is 5.69 Å². The summed E-state index contributed by atoms with van der Waals surface area (Å²) in [6, 6.07) is 11.9. The summed E-state index contributed by atoms with van der Waals surface area (Å²) in [5.74, 6) is 1.16. The maximum atomic E-state index is 13.3. The van der Waals surface area contributed by atoms with E-state index in [1.807, 2.05) is 45.7 Å². The summed E-state index contributed by atoms with van der Waals surface area (Å²) in [4.78, 5) is 18.1. The van der Waals surface area contributed by atoms with E-state index in [4.69, 9.17) is 4.98 Å². The second-order valence-corrected chi connectivity index (χ2v) is 9.19. The van der Waals surface area contributed by atoms with Crippen molar-refractivity contribution in [3.05, 3.63) is 70.0 Å². The molecule has 8 nitrogen and oxygen atoms in total. The van der Waals surface area contributed by atoms with Crippen LogP contribution in [0.5, 0.6) is 0 Å². The zero-order chi connectivity index (χ0) is 24.1. The van der Waals surface area contributed by atoms with Crippen molar-refractivity contribution in [1.82, 2.24) is 34.7 Å². The van der Waals surface area contributed by atoms with Crippen molar-refractivity contribution >= 4 is 0 Å². The molecule has 0 unspecified atom stereocenters. The average Bonchev–Trinajstić information content (AvgIpc) is 3.45. The summed E-state index contributed by atoms with van der Waals surface area (Å²) < 4.78 is 3.89. The van der Waals surface area contributed by atoms with Gasteiger partial charge in [-0.3, -0.25) is 14.1 Å². The van der Waals surface area contributed by atoms with Crippen molar-refractivity contribution in [2.24, 2.45) is 5.92 Å². The SMILES string of the molecule is CCCCc1c(C)n(CCC(C)C)c(=O)n1Cc1ccc(-c2ccccc2-c2nnn[nH]2)nc1. The molecule has 0 saturated carbocycles. The molecule has 0 aliphatic heterocycles. The van der Waals surface area contributed by atoms with Crippen molar-refractivity contribution in [3.8, 4) is 22.6 Å². The fourth-order valence-electron chi connectivity index (χ4n) is 4.28. The second kappa shape index (κ2) is 10.6. The topological polar surface area (TPSA) is 94.3 Å². The molecule has 0 aliphatic carbocycles. The van der Waals surface area contributed by atoms with Crippen LogP contribution in [0.3, 0.4) is 0 Å². The van der Waals surface area contributed by atoms with Crippen LogP contribution in [-0.4, -0.2) is 34.7 Å². The molecule has 0 aliphatic rings. The molecule has 0 fully saturated rings. The minimum atomic E-state index is 0.0801. The Bertz CT molecular complexity index is 1270. The highest BCUT2D eigenvalue weighted by molar-refractivity contribution is 5.78. The van der Waals surface area contributed by atoms with Crippen molar-refractivity contribution in [3.63, 3.8) is 0 Å². The Labute approximate surface area is 200 Å². The lowest BCUT2D eigenvalue weighted by molar-refractivity contribution is 0.498. The van der Waals surface area contributed by atoms with Gasteiger partial charge in [0, 0.05) is 35.3 Å². The fraction of sp³-hybridized carbons (Fsp3) is 0.423. The van der Waals surface area contributed by atoms with Crippen molar-refractivity contribution in [1.29, 1.82) is 0 Å². The highest BCUT2D eigenvalue weighted by Crippen LogP contribution is 2.28. The van der Waals surface area contributed by atoms with Gasteiger partial charge in [-0.15, -0.1) is 5.10 Å². The van der Waals surface area contributed by atoms with E-state index in [9.17, 15) is 4.79 Å². The molecular weight excluding hydrogens is 426 g/mol. The first kappa shape index (κ1) is 23.6. The monoisotopic (exact) mass is 459 g/mol. The molecule has 0 amide bonds. The van der Waals surface area contributed by atoms with E-state index in [1.165, 1.54) is 0 Å². The standard InChI is InChI=1S/C26H33N7O/c1-5-6-11-24-19(4)32(15-14-18(2)3)26(34)33(24)17-20-12-13-23(27-16-20)21-9-7-8-10-22(21)25-28-30-31-29-25/h7-10,12-13,16,18H,5-6,11,14-15,17H2,1-4H3,(H,28,29,30,31). The Kier molecular flexibility index (Phi) is 7.35. The van der Waals surface area contributed by atoms with E-state index in [0.29, 0.717) is 18.3 Å². The zero-order valence-corrected chi connectivity index (χ0v) is 20.5. The molecule has 0 atom stereocenters. The van der Waals surface area contributed by atoms with Gasteiger partial charge in [0.05, 0.1) is 12.2 Å². The van der Waals surface area contributed by atoms with E-state index in [2.05, 4.69) is 54.4 Å². The summed E-state index contributed by atoms with van der Waals surface area (Å²) in [5, 5.41) is 14.2. The fourth-order valence-corrected chi connectivity index (χ4v) is 4.28. The van der Waals surface area contributed by atoms with Crippen LogP contribution in [-0.2, 0) is 19.5 Å². The third-order valence-corrected chi connectivity index (χ3v) is 6.28. The highest BCUT2D eigenvalue weighted by Gasteiger charge is 2.17. The molecule has 3 aromatic heterocycles. The normalized spacial score (nSPS) is 11.4.